The topological polar surface area (TPSA) is 26.3 Å². The van der Waals surface area contributed by atoms with E-state index in [2.05, 4.69) is 40.8 Å². The Hall–Kier alpha value is -0.153. The van der Waals surface area contributed by atoms with Gasteiger partial charge in [-0.05, 0) is 24.6 Å². The Balaban J connectivity index is 4.42. The van der Waals surface area contributed by atoms with E-state index in [4.69, 9.17) is 4.43 Å². The molecule has 1 atom stereocenters. The van der Waals surface area contributed by atoms with Crippen LogP contribution in [-0.2, 0) is 9.22 Å². The predicted octanol–water partition coefficient (Wildman–Crippen LogP) is 4.16. The Morgan fingerprint density at radius 1 is 1.31 bits per heavy atom. The van der Waals surface area contributed by atoms with Crippen molar-refractivity contribution in [2.24, 2.45) is 0 Å². The third-order valence-electron chi connectivity index (χ3n) is 3.51. The van der Waals surface area contributed by atoms with Crippen LogP contribution in [0, 0.1) is 0 Å². The van der Waals surface area contributed by atoms with Crippen LogP contribution in [0.2, 0.25) is 18.1 Å². The van der Waals surface area contributed by atoms with Gasteiger partial charge in [0.25, 0.3) is 0 Å². The molecule has 0 spiro atoms. The first-order chi connectivity index (χ1) is 7.24. The number of rotatable bonds is 7. The van der Waals surface area contributed by atoms with Crippen molar-refractivity contribution >= 4 is 14.6 Å². The van der Waals surface area contributed by atoms with E-state index < -0.39 is 8.32 Å². The Kier molecular flexibility index (Phi) is 6.49. The molecule has 0 aromatic rings. The van der Waals surface area contributed by atoms with Gasteiger partial charge < -0.3 is 9.22 Å². The second-order valence-corrected chi connectivity index (χ2v) is 10.8. The lowest BCUT2D eigenvalue weighted by molar-refractivity contribution is -0.109. The fourth-order valence-corrected chi connectivity index (χ4v) is 2.76. The van der Waals surface area contributed by atoms with Gasteiger partial charge in [-0.25, -0.2) is 0 Å². The summed E-state index contributed by atoms with van der Waals surface area (Å²) in [5, 5.41) is 0.223. The Bertz CT molecular complexity index is 206. The normalized spacial score (nSPS) is 14.9. The maximum atomic E-state index is 10.6. The fraction of sp³-hybridized carbons (Fsp3) is 0.923. The highest BCUT2D eigenvalue weighted by atomic mass is 28.4. The first-order valence-electron chi connectivity index (χ1n) is 6.36. The number of hydrogen-bond acceptors (Lipinski definition) is 2. The molecule has 0 amide bonds. The molecule has 0 heterocycles. The molecule has 0 aromatic heterocycles. The van der Waals surface area contributed by atoms with Crippen molar-refractivity contribution in [3.8, 4) is 0 Å². The van der Waals surface area contributed by atoms with Gasteiger partial charge in [-0.2, -0.15) is 0 Å². The average molecular weight is 244 g/mol. The van der Waals surface area contributed by atoms with E-state index in [1.165, 1.54) is 0 Å². The Morgan fingerprint density at radius 3 is 2.25 bits per heavy atom. The van der Waals surface area contributed by atoms with Gasteiger partial charge in [0, 0.05) is 6.42 Å². The minimum atomic E-state index is -1.71. The molecule has 0 aliphatic rings. The molecule has 96 valence electrons. The zero-order chi connectivity index (χ0) is 12.8. The molecule has 0 saturated carbocycles. The molecule has 0 rings (SSSR count). The van der Waals surface area contributed by atoms with E-state index >= 15 is 0 Å². The first-order valence-corrected chi connectivity index (χ1v) is 9.27. The van der Waals surface area contributed by atoms with Gasteiger partial charge in [0.2, 0.25) is 0 Å². The smallest absolute Gasteiger partial charge is 0.192 e. The summed E-state index contributed by atoms with van der Waals surface area (Å²) < 4.78 is 6.25. The molecule has 1 unspecified atom stereocenters. The fourth-order valence-electron chi connectivity index (χ4n) is 1.36. The van der Waals surface area contributed by atoms with Crippen LogP contribution < -0.4 is 0 Å². The first kappa shape index (κ1) is 15.8. The van der Waals surface area contributed by atoms with Crippen LogP contribution in [-0.4, -0.2) is 20.7 Å². The summed E-state index contributed by atoms with van der Waals surface area (Å²) in [5.41, 5.74) is 0. The largest absolute Gasteiger partial charge is 0.414 e. The summed E-state index contributed by atoms with van der Waals surface area (Å²) in [6, 6.07) is 0. The van der Waals surface area contributed by atoms with Crippen molar-refractivity contribution in [2.45, 2.75) is 77.6 Å². The van der Waals surface area contributed by atoms with Crippen molar-refractivity contribution in [3.63, 3.8) is 0 Å². The summed E-state index contributed by atoms with van der Waals surface area (Å²) in [6.45, 7) is 13.4. The molecular weight excluding hydrogens is 216 g/mol. The molecule has 0 N–H and O–H groups in total. The van der Waals surface area contributed by atoms with Crippen molar-refractivity contribution < 1.29 is 9.22 Å². The van der Waals surface area contributed by atoms with Gasteiger partial charge in [-0.3, -0.25) is 0 Å². The van der Waals surface area contributed by atoms with E-state index in [1.807, 2.05) is 0 Å². The van der Waals surface area contributed by atoms with Crippen molar-refractivity contribution in [1.82, 2.24) is 0 Å². The second kappa shape index (κ2) is 6.55. The zero-order valence-electron chi connectivity index (χ0n) is 11.8. The number of unbranched alkanes of at least 4 members (excludes halogenated alkanes) is 1. The second-order valence-electron chi connectivity index (χ2n) is 6.04. The third-order valence-corrected chi connectivity index (χ3v) is 8.04. The van der Waals surface area contributed by atoms with Gasteiger partial charge in [0.05, 0.1) is 6.10 Å². The monoisotopic (exact) mass is 244 g/mol. The number of carbonyl (C=O) groups is 1. The predicted molar refractivity (Wildman–Crippen MR) is 72.3 cm³/mol. The van der Waals surface area contributed by atoms with E-state index in [0.29, 0.717) is 6.42 Å². The van der Waals surface area contributed by atoms with Crippen LogP contribution in [0.25, 0.3) is 0 Å². The Labute approximate surface area is 102 Å². The minimum Gasteiger partial charge on any atom is -0.414 e. The van der Waals surface area contributed by atoms with E-state index in [0.717, 1.165) is 25.5 Å². The average Bonchev–Trinajstić information content (AvgIpc) is 2.12. The van der Waals surface area contributed by atoms with Crippen molar-refractivity contribution in [1.29, 1.82) is 0 Å². The number of carbonyl (C=O) groups excluding carboxylic acids is 1. The molecule has 0 aromatic carbocycles. The summed E-state index contributed by atoms with van der Waals surface area (Å²) in [6.07, 6.45) is 5.00. The van der Waals surface area contributed by atoms with Crippen molar-refractivity contribution in [2.75, 3.05) is 0 Å². The van der Waals surface area contributed by atoms with Crippen molar-refractivity contribution in [3.05, 3.63) is 0 Å². The van der Waals surface area contributed by atoms with Gasteiger partial charge in [-0.15, -0.1) is 0 Å². The molecule has 0 saturated heterocycles. The standard InChI is InChI=1S/C13H28O2Si/c1-7-8-9-12(10-11-14)15-16(5,6)13(2,3)4/h11-12H,7-10H2,1-6H3. The zero-order valence-corrected chi connectivity index (χ0v) is 12.8. The minimum absolute atomic E-state index is 0.137. The highest BCUT2D eigenvalue weighted by Crippen LogP contribution is 2.38. The summed E-state index contributed by atoms with van der Waals surface area (Å²) in [7, 11) is -1.71. The van der Waals surface area contributed by atoms with Gasteiger partial charge in [0.15, 0.2) is 8.32 Å². The quantitative estimate of drug-likeness (QED) is 0.496. The molecule has 0 radical (unpaired) electrons. The molecule has 0 aliphatic carbocycles. The van der Waals surface area contributed by atoms with Crippen LogP contribution in [0.15, 0.2) is 0 Å². The van der Waals surface area contributed by atoms with Crippen LogP contribution in [0.1, 0.15) is 53.4 Å². The SMILES string of the molecule is CCCCC(CC=O)O[Si](C)(C)C(C)(C)C. The lowest BCUT2D eigenvalue weighted by Gasteiger charge is -2.39. The lowest BCUT2D eigenvalue weighted by atomic mass is 10.1. The molecule has 0 bridgehead atoms. The maximum Gasteiger partial charge on any atom is 0.192 e. The summed E-state index contributed by atoms with van der Waals surface area (Å²) in [4.78, 5) is 10.6. The summed E-state index contributed by atoms with van der Waals surface area (Å²) >= 11 is 0. The molecule has 16 heavy (non-hydrogen) atoms. The molecule has 3 heteroatoms. The molecular formula is C13H28O2Si. The van der Waals surface area contributed by atoms with Crippen LogP contribution >= 0.6 is 0 Å². The van der Waals surface area contributed by atoms with Gasteiger partial charge in [-0.1, -0.05) is 40.5 Å². The number of hydrogen-bond donors (Lipinski definition) is 0. The third kappa shape index (κ3) is 5.26. The van der Waals surface area contributed by atoms with E-state index in [1.54, 1.807) is 0 Å². The summed E-state index contributed by atoms with van der Waals surface area (Å²) in [5.74, 6) is 0. The van der Waals surface area contributed by atoms with Crippen LogP contribution in [0.3, 0.4) is 0 Å². The molecule has 0 aliphatic heterocycles. The van der Waals surface area contributed by atoms with Gasteiger partial charge >= 0.3 is 0 Å². The van der Waals surface area contributed by atoms with Crippen LogP contribution in [0.5, 0.6) is 0 Å². The molecule has 2 nitrogen and oxygen atoms in total. The molecule has 0 fully saturated rings. The highest BCUT2D eigenvalue weighted by molar-refractivity contribution is 6.74. The van der Waals surface area contributed by atoms with E-state index in [9.17, 15) is 4.79 Å². The number of aldehydes is 1. The maximum absolute atomic E-state index is 10.6. The van der Waals surface area contributed by atoms with Gasteiger partial charge in [0.1, 0.15) is 6.29 Å². The van der Waals surface area contributed by atoms with E-state index in [-0.39, 0.29) is 11.1 Å². The lowest BCUT2D eigenvalue weighted by Crippen LogP contribution is -2.44. The highest BCUT2D eigenvalue weighted by Gasteiger charge is 2.38. The van der Waals surface area contributed by atoms with Crippen LogP contribution in [0.4, 0.5) is 0 Å². The Morgan fingerprint density at radius 2 is 1.88 bits per heavy atom.